The number of carbonyl (C=O) groups excluding carboxylic acids is 1. The Morgan fingerprint density at radius 2 is 2.00 bits per heavy atom. The lowest BCUT2D eigenvalue weighted by Gasteiger charge is -2.11. The summed E-state index contributed by atoms with van der Waals surface area (Å²) in [7, 11) is 2.00. The first-order valence-corrected chi connectivity index (χ1v) is 8.36. The van der Waals surface area contributed by atoms with Gasteiger partial charge in [0.15, 0.2) is 0 Å². The van der Waals surface area contributed by atoms with E-state index in [0.717, 1.165) is 28.1 Å². The molecule has 2 aromatic carbocycles. The highest BCUT2D eigenvalue weighted by atomic mass is 16.3. The van der Waals surface area contributed by atoms with Crippen molar-refractivity contribution in [1.82, 2.24) is 14.9 Å². The molecule has 0 bridgehead atoms. The van der Waals surface area contributed by atoms with Crippen LogP contribution >= 0.6 is 0 Å². The molecule has 1 aromatic heterocycles. The van der Waals surface area contributed by atoms with Crippen molar-refractivity contribution in [2.75, 3.05) is 11.9 Å². The Balaban J connectivity index is 1.53. The second kappa shape index (κ2) is 6.31. The summed E-state index contributed by atoms with van der Waals surface area (Å²) in [6, 6.07) is 15.3. The van der Waals surface area contributed by atoms with Crippen LogP contribution in [0.5, 0.6) is 0 Å². The van der Waals surface area contributed by atoms with Crippen molar-refractivity contribution in [3.05, 3.63) is 48.5 Å². The number of amides is 1. The van der Waals surface area contributed by atoms with Crippen molar-refractivity contribution in [3.8, 4) is 11.4 Å². The number of hydrogen-bond acceptors (Lipinski definition) is 4. The minimum absolute atomic E-state index is 0.118. The van der Waals surface area contributed by atoms with Gasteiger partial charge < -0.3 is 20.3 Å². The number of aryl methyl sites for hydroxylation is 1. The van der Waals surface area contributed by atoms with Gasteiger partial charge in [-0.3, -0.25) is 4.79 Å². The third-order valence-corrected chi connectivity index (χ3v) is 4.62. The van der Waals surface area contributed by atoms with E-state index in [2.05, 4.69) is 20.2 Å². The fourth-order valence-corrected chi connectivity index (χ4v) is 3.25. The van der Waals surface area contributed by atoms with E-state index in [0.29, 0.717) is 13.0 Å². The first-order chi connectivity index (χ1) is 12.1. The van der Waals surface area contributed by atoms with Crippen LogP contribution in [0.15, 0.2) is 48.5 Å². The Bertz CT molecular complexity index is 917. The molecule has 0 spiro atoms. The second-order valence-corrected chi connectivity index (χ2v) is 6.40. The Morgan fingerprint density at radius 1 is 1.24 bits per heavy atom. The lowest BCUT2D eigenvalue weighted by atomic mass is 10.1. The third kappa shape index (κ3) is 3.01. The van der Waals surface area contributed by atoms with Crippen LogP contribution in [0.4, 0.5) is 5.69 Å². The van der Waals surface area contributed by atoms with Gasteiger partial charge in [-0.05, 0) is 42.8 Å². The summed E-state index contributed by atoms with van der Waals surface area (Å²) in [6.07, 6.45) is -0.000260. The number of imidazole rings is 1. The molecule has 25 heavy (non-hydrogen) atoms. The first-order valence-electron chi connectivity index (χ1n) is 8.36. The van der Waals surface area contributed by atoms with Crippen LogP contribution in [-0.4, -0.2) is 39.3 Å². The molecule has 1 aliphatic heterocycles. The average molecular weight is 336 g/mol. The molecule has 1 aliphatic rings. The van der Waals surface area contributed by atoms with E-state index >= 15 is 0 Å². The fraction of sp³-hybridized carbons (Fsp3) is 0.263. The molecular formula is C19H20N4O2. The second-order valence-electron chi connectivity index (χ2n) is 6.40. The summed E-state index contributed by atoms with van der Waals surface area (Å²) in [4.78, 5) is 16.9. The molecule has 2 heterocycles. The average Bonchev–Trinajstić information content (AvgIpc) is 3.20. The molecule has 6 nitrogen and oxygen atoms in total. The van der Waals surface area contributed by atoms with Crippen molar-refractivity contribution < 1.29 is 9.90 Å². The van der Waals surface area contributed by atoms with Gasteiger partial charge in [0.1, 0.15) is 5.82 Å². The molecule has 0 saturated carbocycles. The van der Waals surface area contributed by atoms with Gasteiger partial charge in [0.25, 0.3) is 0 Å². The van der Waals surface area contributed by atoms with Gasteiger partial charge in [0, 0.05) is 24.8 Å². The number of carbonyl (C=O) groups is 1. The van der Waals surface area contributed by atoms with Crippen LogP contribution in [0.3, 0.4) is 0 Å². The number of nitrogens with zero attached hydrogens (tertiary/aromatic N) is 2. The zero-order valence-electron chi connectivity index (χ0n) is 13.9. The van der Waals surface area contributed by atoms with Crippen molar-refractivity contribution in [3.63, 3.8) is 0 Å². The minimum atomic E-state index is -0.448. The molecule has 1 saturated heterocycles. The van der Waals surface area contributed by atoms with Gasteiger partial charge in [0.2, 0.25) is 5.91 Å². The zero-order chi connectivity index (χ0) is 17.4. The number of rotatable bonds is 3. The van der Waals surface area contributed by atoms with E-state index in [1.54, 1.807) is 0 Å². The highest BCUT2D eigenvalue weighted by molar-refractivity contribution is 5.95. The molecule has 4 rings (SSSR count). The van der Waals surface area contributed by atoms with Gasteiger partial charge in [-0.15, -0.1) is 0 Å². The lowest BCUT2D eigenvalue weighted by Crippen LogP contribution is -2.35. The molecule has 1 amide bonds. The monoisotopic (exact) mass is 336 g/mol. The summed E-state index contributed by atoms with van der Waals surface area (Å²) >= 11 is 0. The number of nitrogens with one attached hydrogen (secondary N) is 2. The molecule has 3 aromatic rings. The van der Waals surface area contributed by atoms with E-state index < -0.39 is 6.10 Å². The van der Waals surface area contributed by atoms with Gasteiger partial charge in [-0.2, -0.15) is 0 Å². The number of aliphatic hydroxyl groups excluding tert-OH is 1. The topological polar surface area (TPSA) is 79.2 Å². The van der Waals surface area contributed by atoms with Crippen LogP contribution in [-0.2, 0) is 11.8 Å². The quantitative estimate of drug-likeness (QED) is 0.682. The summed E-state index contributed by atoms with van der Waals surface area (Å²) in [5.74, 6) is 0.770. The van der Waals surface area contributed by atoms with Gasteiger partial charge >= 0.3 is 0 Å². The molecular weight excluding hydrogens is 316 g/mol. The number of benzene rings is 2. The Labute approximate surface area is 145 Å². The molecule has 0 aliphatic carbocycles. The smallest absolute Gasteiger partial charge is 0.241 e. The minimum Gasteiger partial charge on any atom is -0.392 e. The molecule has 0 radical (unpaired) electrons. The zero-order valence-corrected chi connectivity index (χ0v) is 13.9. The summed E-state index contributed by atoms with van der Waals surface area (Å²) in [6.45, 7) is 0.462. The molecule has 128 valence electrons. The molecule has 6 heteroatoms. The summed E-state index contributed by atoms with van der Waals surface area (Å²) < 4.78 is 2.06. The van der Waals surface area contributed by atoms with Crippen molar-refractivity contribution >= 4 is 22.6 Å². The Kier molecular flexibility index (Phi) is 3.99. The van der Waals surface area contributed by atoms with Crippen molar-refractivity contribution in [2.45, 2.75) is 18.6 Å². The number of para-hydroxylation sites is 2. The van der Waals surface area contributed by atoms with E-state index in [1.807, 2.05) is 55.6 Å². The van der Waals surface area contributed by atoms with E-state index in [-0.39, 0.29) is 11.9 Å². The summed E-state index contributed by atoms with van der Waals surface area (Å²) in [5, 5.41) is 15.4. The Hall–Kier alpha value is -2.70. The van der Waals surface area contributed by atoms with Crippen LogP contribution < -0.4 is 10.6 Å². The van der Waals surface area contributed by atoms with Gasteiger partial charge in [0.05, 0.1) is 23.2 Å². The number of anilines is 1. The summed E-state index contributed by atoms with van der Waals surface area (Å²) in [5.41, 5.74) is 3.77. The fourth-order valence-electron chi connectivity index (χ4n) is 3.25. The van der Waals surface area contributed by atoms with Crippen LogP contribution in [0.25, 0.3) is 22.4 Å². The lowest BCUT2D eigenvalue weighted by molar-refractivity contribution is -0.117. The molecule has 3 N–H and O–H groups in total. The maximum atomic E-state index is 12.2. The van der Waals surface area contributed by atoms with Crippen LogP contribution in [0.2, 0.25) is 0 Å². The molecule has 1 fully saturated rings. The largest absolute Gasteiger partial charge is 0.392 e. The van der Waals surface area contributed by atoms with Crippen molar-refractivity contribution in [2.24, 2.45) is 7.05 Å². The molecule has 2 atom stereocenters. The number of aromatic nitrogens is 2. The first kappa shape index (κ1) is 15.8. The van der Waals surface area contributed by atoms with E-state index in [1.165, 1.54) is 0 Å². The van der Waals surface area contributed by atoms with Gasteiger partial charge in [-0.25, -0.2) is 4.98 Å². The van der Waals surface area contributed by atoms with Crippen LogP contribution in [0, 0.1) is 0 Å². The number of aliphatic hydroxyl groups is 1. The van der Waals surface area contributed by atoms with Gasteiger partial charge in [-0.1, -0.05) is 12.1 Å². The highest BCUT2D eigenvalue weighted by Crippen LogP contribution is 2.24. The maximum absolute atomic E-state index is 12.2. The van der Waals surface area contributed by atoms with Crippen molar-refractivity contribution in [1.29, 1.82) is 0 Å². The van der Waals surface area contributed by atoms with E-state index in [9.17, 15) is 9.90 Å². The SMILES string of the molecule is Cn1c(-c2ccc(NC(=O)C3CC(O)CN3)cc2)nc2ccccc21. The maximum Gasteiger partial charge on any atom is 0.241 e. The third-order valence-electron chi connectivity index (χ3n) is 4.62. The Morgan fingerprint density at radius 3 is 2.68 bits per heavy atom. The highest BCUT2D eigenvalue weighted by Gasteiger charge is 2.27. The number of fused-ring (bicyclic) bond motifs is 1. The standard InChI is InChI=1S/C19H20N4O2/c1-23-17-5-3-2-4-15(17)22-18(23)12-6-8-13(9-7-12)21-19(25)16-10-14(24)11-20-16/h2-9,14,16,20,24H,10-11H2,1H3,(H,21,25). The van der Waals surface area contributed by atoms with Crippen LogP contribution in [0.1, 0.15) is 6.42 Å². The normalized spacial score (nSPS) is 20.1. The predicted octanol–water partition coefficient (Wildman–Crippen LogP) is 1.90. The number of β-amino-alcohol motifs (C(OH)–C–C–N with tert-alkyl or cyclic N) is 1. The molecule has 2 unspecified atom stereocenters. The van der Waals surface area contributed by atoms with E-state index in [4.69, 9.17) is 0 Å². The predicted molar refractivity (Wildman–Crippen MR) is 97.2 cm³/mol. The number of hydrogen-bond donors (Lipinski definition) is 3.